The van der Waals surface area contributed by atoms with E-state index in [0.717, 1.165) is 12.1 Å². The molecular formula is C29H25O13+. The largest absolute Gasteiger partial charge is 0.508 e. The predicted octanol–water partition coefficient (Wildman–Crippen LogP) is 1.52. The van der Waals surface area contributed by atoms with Crippen LogP contribution in [0.5, 0.6) is 28.7 Å². The molecule has 0 radical (unpaired) electrons. The minimum atomic E-state index is -1.81. The number of aliphatic hydroxyl groups excluding tert-OH is 4. The average Bonchev–Trinajstić information content (AvgIpc) is 2.96. The van der Waals surface area contributed by atoms with Gasteiger partial charge >= 0.3 is 5.43 Å². The van der Waals surface area contributed by atoms with Crippen LogP contribution in [0.3, 0.4) is 0 Å². The third kappa shape index (κ3) is 4.55. The number of aromatic hydroxyl groups is 4. The van der Waals surface area contributed by atoms with Gasteiger partial charge in [-0.2, -0.15) is 0 Å². The molecule has 218 valence electrons. The molecule has 13 nitrogen and oxygen atoms in total. The van der Waals surface area contributed by atoms with Crippen molar-refractivity contribution in [3.8, 4) is 51.4 Å². The van der Waals surface area contributed by atoms with Crippen LogP contribution in [0.4, 0.5) is 0 Å². The second kappa shape index (κ2) is 10.2. The molecule has 0 spiro atoms. The number of phenolic OH excluding ortho intramolecular Hbond substituents is 4. The van der Waals surface area contributed by atoms with Crippen LogP contribution in [0.2, 0.25) is 0 Å². The zero-order chi connectivity index (χ0) is 29.9. The van der Waals surface area contributed by atoms with Gasteiger partial charge < -0.3 is 59.2 Å². The molecule has 5 aromatic rings. The summed E-state index contributed by atoms with van der Waals surface area (Å²) in [4.78, 5) is 10.4. The maximum atomic E-state index is 10.7. The van der Waals surface area contributed by atoms with Crippen LogP contribution in [0.15, 0.2) is 63.4 Å². The van der Waals surface area contributed by atoms with Gasteiger partial charge in [0.05, 0.1) is 24.1 Å². The van der Waals surface area contributed by atoms with Crippen molar-refractivity contribution in [2.75, 3.05) is 6.61 Å². The first-order valence-corrected chi connectivity index (χ1v) is 12.6. The van der Waals surface area contributed by atoms with E-state index in [1.807, 2.05) is 0 Å². The van der Waals surface area contributed by atoms with Crippen molar-refractivity contribution in [2.45, 2.75) is 30.7 Å². The van der Waals surface area contributed by atoms with E-state index in [9.17, 15) is 45.6 Å². The number of phenols is 4. The van der Waals surface area contributed by atoms with E-state index in [2.05, 4.69) is 0 Å². The highest BCUT2D eigenvalue weighted by molar-refractivity contribution is 6.10. The normalized spacial score (nSPS) is 22.5. The molecule has 5 atom stereocenters. The van der Waals surface area contributed by atoms with Gasteiger partial charge in [-0.1, -0.05) is 0 Å². The maximum absolute atomic E-state index is 10.7. The first-order chi connectivity index (χ1) is 20.0. The van der Waals surface area contributed by atoms with E-state index in [0.29, 0.717) is 10.9 Å². The first-order valence-electron chi connectivity index (χ1n) is 12.6. The number of aliphatic hydroxyl groups is 4. The van der Waals surface area contributed by atoms with Crippen LogP contribution >= 0.6 is 0 Å². The second-order valence-electron chi connectivity index (χ2n) is 9.83. The summed E-state index contributed by atoms with van der Waals surface area (Å²) in [7, 11) is 0. The summed E-state index contributed by atoms with van der Waals surface area (Å²) < 4.78 is 23.8. The van der Waals surface area contributed by atoms with Crippen LogP contribution in [-0.2, 0) is 4.74 Å². The first kappa shape index (κ1) is 27.4. The van der Waals surface area contributed by atoms with Crippen LogP contribution in [0.1, 0.15) is 0 Å². The van der Waals surface area contributed by atoms with Crippen LogP contribution in [0, 0.1) is 0 Å². The van der Waals surface area contributed by atoms with Crippen molar-refractivity contribution in [1.82, 2.24) is 0 Å². The van der Waals surface area contributed by atoms with Crippen molar-refractivity contribution >= 4 is 21.9 Å². The Morgan fingerprint density at radius 1 is 0.762 bits per heavy atom. The smallest absolute Gasteiger partial charge is 0.347 e. The number of hydrogen-bond donors (Lipinski definition) is 8. The van der Waals surface area contributed by atoms with Crippen molar-refractivity contribution in [1.29, 1.82) is 0 Å². The summed E-state index contributed by atoms with van der Waals surface area (Å²) in [6, 6.07) is 12.3. The van der Waals surface area contributed by atoms with Gasteiger partial charge in [0.15, 0.2) is 28.8 Å². The molecule has 0 unspecified atom stereocenters. The third-order valence-corrected chi connectivity index (χ3v) is 7.04. The summed E-state index contributed by atoms with van der Waals surface area (Å²) in [5, 5.41) is 81.7. The summed E-state index contributed by atoms with van der Waals surface area (Å²) >= 11 is 0. The summed E-state index contributed by atoms with van der Waals surface area (Å²) in [5.74, 6) is -2.29. The molecule has 3 heterocycles. The van der Waals surface area contributed by atoms with Gasteiger partial charge in [0, 0.05) is 16.5 Å². The lowest BCUT2D eigenvalue weighted by atomic mass is 9.99. The minimum absolute atomic E-state index is 0.00924. The van der Waals surface area contributed by atoms with Gasteiger partial charge in [0.2, 0.25) is 6.29 Å². The highest BCUT2D eigenvalue weighted by Crippen LogP contribution is 2.47. The molecule has 1 aliphatic heterocycles. The molecule has 6 rings (SSSR count). The Kier molecular flexibility index (Phi) is 6.68. The molecular weight excluding hydrogens is 556 g/mol. The van der Waals surface area contributed by atoms with Gasteiger partial charge in [0.25, 0.3) is 0 Å². The van der Waals surface area contributed by atoms with Crippen molar-refractivity contribution in [2.24, 2.45) is 0 Å². The quantitative estimate of drug-likeness (QED) is 0.109. The molecule has 1 saturated heterocycles. The highest BCUT2D eigenvalue weighted by atomic mass is 16.7. The monoisotopic (exact) mass is 581 g/mol. The van der Waals surface area contributed by atoms with E-state index < -0.39 is 54.6 Å². The fourth-order valence-corrected chi connectivity index (χ4v) is 4.90. The van der Waals surface area contributed by atoms with Crippen molar-refractivity contribution < 1.29 is 64.0 Å². The Bertz CT molecular complexity index is 1830. The third-order valence-electron chi connectivity index (χ3n) is 7.04. The second-order valence-corrected chi connectivity index (χ2v) is 9.83. The van der Waals surface area contributed by atoms with E-state index in [-0.39, 0.29) is 50.6 Å². The molecule has 9 N–H and O–H groups in total. The van der Waals surface area contributed by atoms with Crippen LogP contribution in [-0.4, -0.2) is 83.0 Å². The standard InChI is InChI=1S/C29H24O13/c30-10-21-24(36)25(37)26(38)29(41-21)42-28-15-9-18(11-1-3-13(31)4-2-11)39-19-7-14(32)8-20(22(15)19)40-27(28)12-5-16(33)23(35)17(34)6-12/h1-9,21,24-26,29-31,33-38H,10H2/p+1/t21-,24-,25+,26-,29+/m1/s1. The minimum Gasteiger partial charge on any atom is -0.508 e. The van der Waals surface area contributed by atoms with E-state index >= 15 is 0 Å². The van der Waals surface area contributed by atoms with Crippen LogP contribution in [0.25, 0.3) is 44.6 Å². The maximum Gasteiger partial charge on any atom is 0.347 e. The van der Waals surface area contributed by atoms with Gasteiger partial charge in [0.1, 0.15) is 47.1 Å². The SMILES string of the molecule is OC[C@H]1O[C@@H](Oc2c(-c3cc(O)c(O)c(O)c3)oc3cc(=[OH+])cc4oc(-c5ccc(O)cc5)cc2c43)[C@H](O)[C@@H](O)[C@@H]1O. The Morgan fingerprint density at radius 3 is 2.05 bits per heavy atom. The van der Waals surface area contributed by atoms with Gasteiger partial charge in [-0.05, 0) is 42.5 Å². The summed E-state index contributed by atoms with van der Waals surface area (Å²) in [5.41, 5.74) is 0.469. The van der Waals surface area contributed by atoms with E-state index in [4.69, 9.17) is 18.3 Å². The fourth-order valence-electron chi connectivity index (χ4n) is 4.90. The fraction of sp³-hybridized carbons (Fsp3) is 0.207. The average molecular weight is 582 g/mol. The molecule has 3 aromatic carbocycles. The van der Waals surface area contributed by atoms with Gasteiger partial charge in [-0.3, -0.25) is 4.79 Å². The predicted molar refractivity (Wildman–Crippen MR) is 143 cm³/mol. The topological polar surface area (TPSA) is 228 Å². The molecule has 1 fully saturated rings. The molecule has 0 amide bonds. The zero-order valence-electron chi connectivity index (χ0n) is 21.4. The van der Waals surface area contributed by atoms with Crippen LogP contribution < -0.4 is 10.2 Å². The Balaban J connectivity index is 1.66. The molecule has 13 heteroatoms. The molecule has 1 aliphatic rings. The Labute approximate surface area is 234 Å². The number of ether oxygens (including phenoxy) is 2. The molecule has 42 heavy (non-hydrogen) atoms. The summed E-state index contributed by atoms with van der Waals surface area (Å²) in [6.07, 6.45) is -8.19. The van der Waals surface area contributed by atoms with E-state index in [1.165, 1.54) is 30.3 Å². The van der Waals surface area contributed by atoms with Crippen molar-refractivity contribution in [3.63, 3.8) is 0 Å². The van der Waals surface area contributed by atoms with E-state index in [1.54, 1.807) is 12.1 Å². The zero-order valence-corrected chi connectivity index (χ0v) is 21.4. The number of hydrogen-bond acceptors (Lipinski definition) is 12. The lowest BCUT2D eigenvalue weighted by molar-refractivity contribution is -0.277. The number of benzene rings is 3. The molecule has 0 saturated carbocycles. The molecule has 0 aliphatic carbocycles. The number of rotatable bonds is 5. The Hall–Kier alpha value is -4.79. The molecule has 2 aromatic heterocycles. The summed E-state index contributed by atoms with van der Waals surface area (Å²) in [6.45, 7) is -0.714. The van der Waals surface area contributed by atoms with Gasteiger partial charge in [-0.25, -0.2) is 0 Å². The lowest BCUT2D eigenvalue weighted by Gasteiger charge is -2.39. The Morgan fingerprint density at radius 2 is 1.40 bits per heavy atom. The van der Waals surface area contributed by atoms with Crippen molar-refractivity contribution in [3.05, 3.63) is 60.0 Å². The van der Waals surface area contributed by atoms with Gasteiger partial charge in [-0.15, -0.1) is 0 Å². The highest BCUT2D eigenvalue weighted by Gasteiger charge is 2.45. The lowest BCUT2D eigenvalue weighted by Crippen LogP contribution is -2.60. The molecule has 0 bridgehead atoms.